The zero-order valence-corrected chi connectivity index (χ0v) is 11.2. The van der Waals surface area contributed by atoms with E-state index in [9.17, 15) is 4.39 Å². The van der Waals surface area contributed by atoms with Crippen LogP contribution in [0, 0.1) is 5.82 Å². The van der Waals surface area contributed by atoms with Crippen molar-refractivity contribution in [2.45, 2.75) is 25.8 Å². The third-order valence-corrected chi connectivity index (χ3v) is 3.61. The minimum atomic E-state index is -0.451. The predicted octanol–water partition coefficient (Wildman–Crippen LogP) is 2.37. The highest BCUT2D eigenvalue weighted by molar-refractivity contribution is 5.67. The summed E-state index contributed by atoms with van der Waals surface area (Å²) in [6.07, 6.45) is 3.08. The van der Waals surface area contributed by atoms with Crippen molar-refractivity contribution in [3.8, 4) is 0 Å². The highest BCUT2D eigenvalue weighted by Gasteiger charge is 2.27. The van der Waals surface area contributed by atoms with Crippen molar-refractivity contribution < 1.29 is 4.39 Å². The van der Waals surface area contributed by atoms with Crippen molar-refractivity contribution >= 4 is 17.5 Å². The molecule has 0 aliphatic carbocycles. The highest BCUT2D eigenvalue weighted by Crippen LogP contribution is 2.36. The van der Waals surface area contributed by atoms with Crippen LogP contribution in [0.4, 0.5) is 21.8 Å². The van der Waals surface area contributed by atoms with Crippen molar-refractivity contribution in [3.05, 3.63) is 41.8 Å². The lowest BCUT2D eigenvalue weighted by molar-refractivity contribution is 0.572. The molecule has 1 aliphatic heterocycles. The van der Waals surface area contributed by atoms with Crippen molar-refractivity contribution in [3.63, 3.8) is 0 Å². The average Bonchev–Trinajstić information content (AvgIpc) is 2.48. The van der Waals surface area contributed by atoms with Gasteiger partial charge in [0.05, 0.1) is 6.20 Å². The summed E-state index contributed by atoms with van der Waals surface area (Å²) in [5.41, 5.74) is 4.55. The van der Waals surface area contributed by atoms with E-state index in [1.54, 1.807) is 0 Å². The molecule has 1 unspecified atom stereocenters. The number of halogens is 1. The van der Waals surface area contributed by atoms with Gasteiger partial charge >= 0.3 is 0 Å². The Labute approximate surface area is 116 Å². The molecule has 1 atom stereocenters. The van der Waals surface area contributed by atoms with Gasteiger partial charge in [-0.25, -0.2) is 15.2 Å². The normalized spacial score (nSPS) is 17.8. The Bertz CT molecular complexity index is 631. The smallest absolute Gasteiger partial charge is 0.239 e. The van der Waals surface area contributed by atoms with E-state index >= 15 is 0 Å². The number of nitrogen functional groups attached to an aromatic ring is 1. The van der Waals surface area contributed by atoms with Crippen LogP contribution in [0.3, 0.4) is 0 Å². The van der Waals surface area contributed by atoms with Gasteiger partial charge in [0.1, 0.15) is 0 Å². The average molecular weight is 273 g/mol. The maximum absolute atomic E-state index is 14.1. The summed E-state index contributed by atoms with van der Waals surface area (Å²) in [4.78, 5) is 9.87. The fourth-order valence-corrected chi connectivity index (χ4v) is 2.61. The zero-order chi connectivity index (χ0) is 14.1. The number of fused-ring (bicyclic) bond motifs is 1. The Balaban J connectivity index is 2.13. The molecule has 1 aromatic carbocycles. The van der Waals surface area contributed by atoms with Gasteiger partial charge in [0, 0.05) is 11.7 Å². The van der Waals surface area contributed by atoms with E-state index in [-0.39, 0.29) is 17.8 Å². The molecular formula is C14H16FN5. The minimum absolute atomic E-state index is 0.167. The number of nitrogens with zero attached hydrogens (tertiary/aromatic N) is 3. The van der Waals surface area contributed by atoms with Gasteiger partial charge in [-0.2, -0.15) is 4.98 Å². The second-order valence-electron chi connectivity index (χ2n) is 4.90. The van der Waals surface area contributed by atoms with E-state index in [0.717, 1.165) is 24.7 Å². The molecule has 1 aliphatic rings. The van der Waals surface area contributed by atoms with Gasteiger partial charge in [-0.05, 0) is 31.4 Å². The van der Waals surface area contributed by atoms with Crippen LogP contribution in [0.25, 0.3) is 0 Å². The van der Waals surface area contributed by atoms with E-state index in [1.165, 1.54) is 5.56 Å². The van der Waals surface area contributed by atoms with E-state index in [0.29, 0.717) is 0 Å². The van der Waals surface area contributed by atoms with Gasteiger partial charge in [0.15, 0.2) is 11.6 Å². The number of anilines is 3. The van der Waals surface area contributed by atoms with Crippen LogP contribution in [0.2, 0.25) is 0 Å². The molecular weight excluding hydrogens is 257 g/mol. The monoisotopic (exact) mass is 273 g/mol. The number of nitrogens with one attached hydrogen (secondary N) is 1. The number of benzene rings is 1. The lowest BCUT2D eigenvalue weighted by Crippen LogP contribution is -2.34. The maximum atomic E-state index is 14.1. The van der Waals surface area contributed by atoms with Crippen LogP contribution in [0.5, 0.6) is 0 Å². The van der Waals surface area contributed by atoms with Crippen molar-refractivity contribution in [2.24, 2.45) is 5.84 Å². The molecule has 104 valence electrons. The largest absolute Gasteiger partial charge is 0.321 e. The Morgan fingerprint density at radius 3 is 3.00 bits per heavy atom. The third kappa shape index (κ3) is 2.08. The third-order valence-electron chi connectivity index (χ3n) is 3.61. The predicted molar refractivity (Wildman–Crippen MR) is 76.2 cm³/mol. The molecule has 20 heavy (non-hydrogen) atoms. The van der Waals surface area contributed by atoms with Crippen LogP contribution in [-0.2, 0) is 6.42 Å². The van der Waals surface area contributed by atoms with Crippen LogP contribution >= 0.6 is 0 Å². The minimum Gasteiger partial charge on any atom is -0.321 e. The topological polar surface area (TPSA) is 67.1 Å². The summed E-state index contributed by atoms with van der Waals surface area (Å²) in [5, 5.41) is 0. The first-order valence-electron chi connectivity index (χ1n) is 6.57. The summed E-state index contributed by atoms with van der Waals surface area (Å²) in [6, 6.07) is 8.17. The van der Waals surface area contributed by atoms with Gasteiger partial charge in [-0.3, -0.25) is 5.43 Å². The molecule has 0 fully saturated rings. The molecule has 5 nitrogen and oxygen atoms in total. The summed E-state index contributed by atoms with van der Waals surface area (Å²) in [6.45, 7) is 2.06. The van der Waals surface area contributed by atoms with Gasteiger partial charge < -0.3 is 4.90 Å². The fourth-order valence-electron chi connectivity index (χ4n) is 2.61. The Hall–Kier alpha value is -2.21. The number of rotatable bonds is 2. The van der Waals surface area contributed by atoms with Crippen molar-refractivity contribution in [1.29, 1.82) is 0 Å². The number of hydrazine groups is 1. The van der Waals surface area contributed by atoms with Crippen LogP contribution in [-0.4, -0.2) is 16.0 Å². The van der Waals surface area contributed by atoms with E-state index < -0.39 is 5.82 Å². The molecule has 1 aromatic heterocycles. The molecule has 0 amide bonds. The summed E-state index contributed by atoms with van der Waals surface area (Å²) >= 11 is 0. The van der Waals surface area contributed by atoms with E-state index in [2.05, 4.69) is 28.4 Å². The lowest BCUT2D eigenvalue weighted by Gasteiger charge is -2.36. The molecule has 2 heterocycles. The SMILES string of the molecule is CC1CCc2ccccc2N1c1nc(NN)ncc1F. The number of aromatic nitrogens is 2. The molecule has 6 heteroatoms. The second kappa shape index (κ2) is 5.05. The maximum Gasteiger partial charge on any atom is 0.239 e. The standard InChI is InChI=1S/C14H16FN5/c1-9-6-7-10-4-2-3-5-12(10)20(9)13-11(15)8-17-14(18-13)19-16/h2-5,8-9H,6-7,16H2,1H3,(H,17,18,19). The number of para-hydroxylation sites is 1. The first-order chi connectivity index (χ1) is 9.70. The quantitative estimate of drug-likeness (QED) is 0.649. The molecule has 0 spiro atoms. The Morgan fingerprint density at radius 2 is 2.20 bits per heavy atom. The Morgan fingerprint density at radius 1 is 1.40 bits per heavy atom. The van der Waals surface area contributed by atoms with Crippen LogP contribution < -0.4 is 16.2 Å². The van der Waals surface area contributed by atoms with Gasteiger partial charge in [-0.1, -0.05) is 18.2 Å². The summed E-state index contributed by atoms with van der Waals surface area (Å²) in [7, 11) is 0. The molecule has 0 saturated carbocycles. The molecule has 2 aromatic rings. The molecule has 0 saturated heterocycles. The number of hydrogen-bond acceptors (Lipinski definition) is 5. The highest BCUT2D eigenvalue weighted by atomic mass is 19.1. The van der Waals surface area contributed by atoms with Crippen molar-refractivity contribution in [2.75, 3.05) is 10.3 Å². The summed E-state index contributed by atoms with van der Waals surface area (Å²) in [5.74, 6) is 5.32. The molecule has 0 bridgehead atoms. The van der Waals surface area contributed by atoms with Gasteiger partial charge in [-0.15, -0.1) is 0 Å². The number of hydrogen-bond donors (Lipinski definition) is 2. The lowest BCUT2D eigenvalue weighted by atomic mass is 9.96. The second-order valence-corrected chi connectivity index (χ2v) is 4.90. The molecule has 3 N–H and O–H groups in total. The molecule has 3 rings (SSSR count). The van der Waals surface area contributed by atoms with Crippen molar-refractivity contribution in [1.82, 2.24) is 9.97 Å². The van der Waals surface area contributed by atoms with E-state index in [1.807, 2.05) is 23.1 Å². The first kappa shape index (κ1) is 12.8. The van der Waals surface area contributed by atoms with Gasteiger partial charge in [0.25, 0.3) is 0 Å². The first-order valence-corrected chi connectivity index (χ1v) is 6.57. The number of aryl methyl sites for hydroxylation is 1. The van der Waals surface area contributed by atoms with Gasteiger partial charge in [0.2, 0.25) is 5.95 Å². The zero-order valence-electron chi connectivity index (χ0n) is 11.2. The number of nitrogens with two attached hydrogens (primary N) is 1. The molecule has 0 radical (unpaired) electrons. The van der Waals surface area contributed by atoms with Crippen LogP contribution in [0.15, 0.2) is 30.5 Å². The van der Waals surface area contributed by atoms with E-state index in [4.69, 9.17) is 5.84 Å². The fraction of sp³-hybridized carbons (Fsp3) is 0.286. The van der Waals surface area contributed by atoms with Crippen LogP contribution in [0.1, 0.15) is 18.9 Å². The summed E-state index contributed by atoms with van der Waals surface area (Å²) < 4.78 is 14.1. The Kier molecular flexibility index (Phi) is 3.23.